The Hall–Kier alpha value is 0.793. The molecular weight excluding hydrogens is 186 g/mol. The SMILES string of the molecule is [O-][Cl+2]([O-])O.[Rh]. The van der Waals surface area contributed by atoms with E-state index in [0.29, 0.717) is 0 Å². The monoisotopic (exact) mass is 187 g/mol. The van der Waals surface area contributed by atoms with Gasteiger partial charge in [-0.3, -0.25) is 0 Å². The van der Waals surface area contributed by atoms with Gasteiger partial charge in [-0.2, -0.15) is 0 Å². The van der Waals surface area contributed by atoms with Crippen LogP contribution in [0.3, 0.4) is 0 Å². The Morgan fingerprint density at radius 1 is 1.40 bits per heavy atom. The molecule has 0 aliphatic carbocycles. The molecule has 0 spiro atoms. The zero-order valence-electron chi connectivity index (χ0n) is 1.98. The summed E-state index contributed by atoms with van der Waals surface area (Å²) in [4.78, 5) is 0. The average Bonchev–Trinajstić information content (AvgIpc) is 0.811. The molecule has 5 heavy (non-hydrogen) atoms. The summed E-state index contributed by atoms with van der Waals surface area (Å²) >= 11 is 0. The Balaban J connectivity index is 0. The molecule has 0 amide bonds. The van der Waals surface area contributed by atoms with Crippen LogP contribution in [0.25, 0.3) is 0 Å². The van der Waals surface area contributed by atoms with Crippen LogP contribution in [0.5, 0.6) is 0 Å². The first-order valence-electron chi connectivity index (χ1n) is 0.478. The fraction of sp³-hybridized carbons (Fsp3) is 0. The first kappa shape index (κ1) is 9.25. The summed E-state index contributed by atoms with van der Waals surface area (Å²) in [5.74, 6) is 0. The van der Waals surface area contributed by atoms with Crippen molar-refractivity contribution < 1.29 is 44.2 Å². The van der Waals surface area contributed by atoms with E-state index in [9.17, 15) is 0 Å². The van der Waals surface area contributed by atoms with Crippen molar-refractivity contribution in [3.05, 3.63) is 0 Å². The molecule has 0 saturated heterocycles. The van der Waals surface area contributed by atoms with E-state index in [1.165, 1.54) is 0 Å². The topological polar surface area (TPSA) is 66.3 Å². The number of halogens is 1. The predicted molar refractivity (Wildman–Crippen MR) is 2.22 cm³/mol. The van der Waals surface area contributed by atoms with Gasteiger partial charge in [0.25, 0.3) is 10.8 Å². The second-order valence-electron chi connectivity index (χ2n) is 0.201. The minimum atomic E-state index is -2.60. The molecule has 0 unspecified atom stereocenters. The molecule has 0 aromatic carbocycles. The molecule has 0 bridgehead atoms. The van der Waals surface area contributed by atoms with Crippen molar-refractivity contribution in [1.29, 1.82) is 0 Å². The van der Waals surface area contributed by atoms with E-state index in [1.807, 2.05) is 0 Å². The van der Waals surface area contributed by atoms with E-state index in [-0.39, 0.29) is 19.5 Å². The molecule has 0 saturated carbocycles. The van der Waals surface area contributed by atoms with Gasteiger partial charge in [0.05, 0.1) is 0 Å². The molecule has 35 valence electrons. The van der Waals surface area contributed by atoms with Crippen LogP contribution in [0.2, 0.25) is 0 Å². The van der Waals surface area contributed by atoms with Crippen molar-refractivity contribution in [2.24, 2.45) is 0 Å². The van der Waals surface area contributed by atoms with Crippen LogP contribution in [0, 0.1) is 10.8 Å². The second kappa shape index (κ2) is 4.79. The summed E-state index contributed by atoms with van der Waals surface area (Å²) in [6.07, 6.45) is 0. The first-order valence-corrected chi connectivity index (χ1v) is 1.43. The summed E-state index contributed by atoms with van der Waals surface area (Å²) in [7, 11) is -2.60. The van der Waals surface area contributed by atoms with Gasteiger partial charge in [0, 0.05) is 24.1 Å². The minimum Gasteiger partial charge on any atom is -0.321 e. The van der Waals surface area contributed by atoms with Crippen LogP contribution < -0.4 is 9.32 Å². The number of hydrogen-bond acceptors (Lipinski definition) is 3. The fourth-order valence-electron chi connectivity index (χ4n) is 0. The molecule has 0 aromatic rings. The van der Waals surface area contributed by atoms with E-state index in [1.54, 1.807) is 0 Å². The largest absolute Gasteiger partial charge is 0.321 e. The van der Waals surface area contributed by atoms with Crippen LogP contribution in [-0.4, -0.2) is 4.66 Å². The molecule has 0 aromatic heterocycles. The standard InChI is InChI=1S/ClHO3.Rh/c2-1(3)4;/h2H;. The Kier molecular flexibility index (Phi) is 8.87. The zero-order valence-corrected chi connectivity index (χ0v) is 4.37. The van der Waals surface area contributed by atoms with Gasteiger partial charge >= 0.3 is 0 Å². The average molecular weight is 187 g/mol. The third kappa shape index (κ3) is 59.4. The van der Waals surface area contributed by atoms with Gasteiger partial charge in [-0.1, -0.05) is 0 Å². The molecule has 5 heteroatoms. The molecule has 3 nitrogen and oxygen atoms in total. The Bertz CT molecular complexity index is 11.6. The second-order valence-corrected chi connectivity index (χ2v) is 0.603. The molecule has 0 atom stereocenters. The summed E-state index contributed by atoms with van der Waals surface area (Å²) in [6.45, 7) is 0. The van der Waals surface area contributed by atoms with Crippen molar-refractivity contribution in [2.75, 3.05) is 0 Å². The maximum absolute atomic E-state index is 8.52. The Labute approximate surface area is 44.8 Å². The van der Waals surface area contributed by atoms with Crippen LogP contribution in [0.1, 0.15) is 0 Å². The molecule has 0 aliphatic heterocycles. The van der Waals surface area contributed by atoms with E-state index in [2.05, 4.69) is 0 Å². The molecule has 0 fully saturated rings. The fourth-order valence-corrected chi connectivity index (χ4v) is 0. The molecule has 0 rings (SSSR count). The first-order chi connectivity index (χ1) is 1.73. The third-order valence-corrected chi connectivity index (χ3v) is 0. The molecule has 0 heterocycles. The molecule has 1 N–H and O–H groups in total. The zero-order chi connectivity index (χ0) is 3.58. The molecule has 1 radical (unpaired) electrons. The molecule has 0 aliphatic rings. The Morgan fingerprint density at radius 3 is 1.40 bits per heavy atom. The minimum absolute atomic E-state index is 0. The smallest absolute Gasteiger partial charge is 0.282 e. The van der Waals surface area contributed by atoms with Gasteiger partial charge in [0.2, 0.25) is 0 Å². The normalized spacial score (nSPS) is 7.20. The number of hydrogen-bond donors (Lipinski definition) is 1. The molecular formula is HClO3Rh. The van der Waals surface area contributed by atoms with Crippen molar-refractivity contribution in [2.45, 2.75) is 0 Å². The predicted octanol–water partition coefficient (Wildman–Crippen LogP) is -2.94. The van der Waals surface area contributed by atoms with Gasteiger partial charge < -0.3 is 9.32 Å². The van der Waals surface area contributed by atoms with Crippen molar-refractivity contribution in [3.63, 3.8) is 0 Å². The van der Waals surface area contributed by atoms with Crippen LogP contribution in [0.15, 0.2) is 0 Å². The van der Waals surface area contributed by atoms with Crippen LogP contribution >= 0.6 is 0 Å². The van der Waals surface area contributed by atoms with Crippen molar-refractivity contribution >= 4 is 0 Å². The van der Waals surface area contributed by atoms with Crippen molar-refractivity contribution in [1.82, 2.24) is 0 Å². The summed E-state index contributed by atoms with van der Waals surface area (Å²) in [6, 6.07) is 0. The van der Waals surface area contributed by atoms with E-state index < -0.39 is 10.8 Å². The van der Waals surface area contributed by atoms with E-state index in [4.69, 9.17) is 14.0 Å². The van der Waals surface area contributed by atoms with Gasteiger partial charge in [-0.15, -0.1) is 0 Å². The van der Waals surface area contributed by atoms with E-state index >= 15 is 0 Å². The maximum Gasteiger partial charge on any atom is 0.282 e. The van der Waals surface area contributed by atoms with Gasteiger partial charge in [0.1, 0.15) is 0 Å². The van der Waals surface area contributed by atoms with Gasteiger partial charge in [0.15, 0.2) is 0 Å². The maximum atomic E-state index is 8.52. The van der Waals surface area contributed by atoms with Crippen LogP contribution in [0.4, 0.5) is 0 Å². The van der Waals surface area contributed by atoms with Gasteiger partial charge in [-0.05, 0) is 0 Å². The van der Waals surface area contributed by atoms with E-state index in [0.717, 1.165) is 0 Å². The number of rotatable bonds is 0. The quantitative estimate of drug-likeness (QED) is 0.413. The summed E-state index contributed by atoms with van der Waals surface area (Å²) in [5.41, 5.74) is 0. The third-order valence-electron chi connectivity index (χ3n) is 0. The van der Waals surface area contributed by atoms with Crippen molar-refractivity contribution in [3.8, 4) is 0 Å². The summed E-state index contributed by atoms with van der Waals surface area (Å²) < 4.78 is 24.0. The van der Waals surface area contributed by atoms with Crippen LogP contribution in [-0.2, 0) is 19.5 Å². The Morgan fingerprint density at radius 2 is 1.40 bits per heavy atom. The summed E-state index contributed by atoms with van der Waals surface area (Å²) in [5, 5.41) is 0. The van der Waals surface area contributed by atoms with Gasteiger partial charge in [-0.25, -0.2) is 0 Å².